The van der Waals surface area contributed by atoms with E-state index >= 15 is 0 Å². The van der Waals surface area contributed by atoms with Gasteiger partial charge in [-0.3, -0.25) is 0 Å². The molecule has 0 saturated carbocycles. The smallest absolute Gasteiger partial charge is 0.416 e. The Morgan fingerprint density at radius 1 is 1.15 bits per heavy atom. The minimum Gasteiger partial charge on any atom is -0.497 e. The van der Waals surface area contributed by atoms with E-state index in [1.165, 1.54) is 6.07 Å². The summed E-state index contributed by atoms with van der Waals surface area (Å²) < 4.78 is 49.0. The fraction of sp³-hybridized carbons (Fsp3) is 0.176. The van der Waals surface area contributed by atoms with E-state index in [2.05, 4.69) is 15.5 Å². The molecule has 2 aromatic carbocycles. The lowest BCUT2D eigenvalue weighted by Gasteiger charge is -2.11. The summed E-state index contributed by atoms with van der Waals surface area (Å²) in [5.41, 5.74) is -0.00479. The second kappa shape index (κ2) is 7.25. The van der Waals surface area contributed by atoms with Crippen LogP contribution in [-0.4, -0.2) is 17.3 Å². The number of anilines is 1. The monoisotopic (exact) mass is 383 g/mol. The summed E-state index contributed by atoms with van der Waals surface area (Å²) >= 11 is 5.94. The molecule has 3 aromatic rings. The molecule has 3 rings (SSSR count). The highest BCUT2D eigenvalue weighted by molar-refractivity contribution is 6.33. The van der Waals surface area contributed by atoms with E-state index in [-0.39, 0.29) is 29.0 Å². The fourth-order valence-electron chi connectivity index (χ4n) is 2.21. The Labute approximate surface area is 151 Å². The average molecular weight is 384 g/mol. The van der Waals surface area contributed by atoms with Gasteiger partial charge >= 0.3 is 6.18 Å². The molecule has 0 bridgehead atoms. The molecule has 0 radical (unpaired) electrons. The van der Waals surface area contributed by atoms with Crippen molar-refractivity contribution < 1.29 is 22.3 Å². The Morgan fingerprint density at radius 2 is 1.96 bits per heavy atom. The van der Waals surface area contributed by atoms with E-state index in [9.17, 15) is 13.2 Å². The highest BCUT2D eigenvalue weighted by Crippen LogP contribution is 2.34. The number of halogens is 4. The fourth-order valence-corrected chi connectivity index (χ4v) is 2.39. The van der Waals surface area contributed by atoms with E-state index in [0.29, 0.717) is 11.3 Å². The second-order valence-electron chi connectivity index (χ2n) is 5.28. The number of alkyl halides is 3. The van der Waals surface area contributed by atoms with Crippen LogP contribution in [0.25, 0.3) is 11.5 Å². The number of methoxy groups -OCH3 is 1. The molecular weight excluding hydrogens is 371 g/mol. The van der Waals surface area contributed by atoms with Gasteiger partial charge in [0, 0.05) is 5.56 Å². The molecule has 26 heavy (non-hydrogen) atoms. The van der Waals surface area contributed by atoms with Crippen LogP contribution in [0.3, 0.4) is 0 Å². The number of hydrogen-bond acceptors (Lipinski definition) is 5. The van der Waals surface area contributed by atoms with E-state index < -0.39 is 11.7 Å². The molecule has 5 nitrogen and oxygen atoms in total. The molecular formula is C17H13ClF3N3O2. The van der Waals surface area contributed by atoms with Gasteiger partial charge in [-0.2, -0.15) is 13.2 Å². The van der Waals surface area contributed by atoms with Gasteiger partial charge in [0.15, 0.2) is 0 Å². The van der Waals surface area contributed by atoms with Gasteiger partial charge in [-0.15, -0.1) is 10.2 Å². The van der Waals surface area contributed by atoms with Crippen molar-refractivity contribution in [3.63, 3.8) is 0 Å². The third kappa shape index (κ3) is 4.08. The maximum absolute atomic E-state index is 12.8. The maximum Gasteiger partial charge on any atom is 0.416 e. The molecule has 0 fully saturated rings. The molecule has 0 aliphatic heterocycles. The third-order valence-corrected chi connectivity index (χ3v) is 3.84. The van der Waals surface area contributed by atoms with E-state index in [0.717, 1.165) is 12.1 Å². The van der Waals surface area contributed by atoms with Gasteiger partial charge in [0.2, 0.25) is 11.8 Å². The Balaban J connectivity index is 1.74. The first-order valence-corrected chi connectivity index (χ1v) is 7.82. The maximum atomic E-state index is 12.8. The van der Waals surface area contributed by atoms with Crippen LogP contribution in [0.1, 0.15) is 11.5 Å². The molecule has 1 heterocycles. The van der Waals surface area contributed by atoms with Crippen LogP contribution in [0.5, 0.6) is 5.75 Å². The first-order chi connectivity index (χ1) is 12.4. The molecule has 0 aliphatic carbocycles. The number of nitrogens with zero attached hydrogens (tertiary/aromatic N) is 2. The van der Waals surface area contributed by atoms with Crippen LogP contribution in [0, 0.1) is 0 Å². The number of ether oxygens (including phenoxy) is 1. The summed E-state index contributed by atoms with van der Waals surface area (Å²) in [6.45, 7) is 0.0258. The first-order valence-electron chi connectivity index (χ1n) is 7.44. The van der Waals surface area contributed by atoms with Gasteiger partial charge < -0.3 is 14.5 Å². The number of hydrogen-bond donors (Lipinski definition) is 1. The Bertz CT molecular complexity index is 912. The summed E-state index contributed by atoms with van der Waals surface area (Å²) in [6, 6.07) is 10.1. The van der Waals surface area contributed by atoms with Crippen molar-refractivity contribution in [3.05, 3.63) is 58.9 Å². The van der Waals surface area contributed by atoms with Crippen molar-refractivity contribution in [1.29, 1.82) is 0 Å². The summed E-state index contributed by atoms with van der Waals surface area (Å²) in [5.74, 6) is 1.11. The van der Waals surface area contributed by atoms with Gasteiger partial charge in [0.1, 0.15) is 5.75 Å². The first kappa shape index (κ1) is 18.1. The minimum atomic E-state index is -4.45. The lowest BCUT2D eigenvalue weighted by molar-refractivity contribution is -0.137. The Kier molecular flexibility index (Phi) is 5.03. The molecule has 1 aromatic heterocycles. The highest BCUT2D eigenvalue weighted by atomic mass is 35.5. The molecule has 136 valence electrons. The van der Waals surface area contributed by atoms with E-state index in [1.807, 2.05) is 0 Å². The lowest BCUT2D eigenvalue weighted by Crippen LogP contribution is -2.07. The van der Waals surface area contributed by atoms with Crippen molar-refractivity contribution in [1.82, 2.24) is 10.2 Å². The van der Waals surface area contributed by atoms with Crippen LogP contribution in [0.4, 0.5) is 18.9 Å². The van der Waals surface area contributed by atoms with Gasteiger partial charge in [-0.05, 0) is 36.4 Å². The molecule has 9 heteroatoms. The predicted molar refractivity (Wildman–Crippen MR) is 90.1 cm³/mol. The molecule has 0 aliphatic rings. The number of nitrogens with one attached hydrogen (secondary N) is 1. The van der Waals surface area contributed by atoms with Crippen LogP contribution in [-0.2, 0) is 12.7 Å². The van der Waals surface area contributed by atoms with Crippen molar-refractivity contribution in [2.24, 2.45) is 0 Å². The number of benzene rings is 2. The molecule has 0 atom stereocenters. The van der Waals surface area contributed by atoms with Crippen molar-refractivity contribution in [2.45, 2.75) is 12.7 Å². The SMILES string of the molecule is COc1cccc(-c2nnc(CNc3cc(C(F)(F)F)ccc3Cl)o2)c1. The van der Waals surface area contributed by atoms with Crippen molar-refractivity contribution in [2.75, 3.05) is 12.4 Å². The zero-order valence-electron chi connectivity index (χ0n) is 13.5. The molecule has 0 amide bonds. The lowest BCUT2D eigenvalue weighted by atomic mass is 10.2. The molecule has 0 saturated heterocycles. The quantitative estimate of drug-likeness (QED) is 0.669. The molecule has 0 unspecified atom stereocenters. The van der Waals surface area contributed by atoms with Crippen molar-refractivity contribution >= 4 is 17.3 Å². The zero-order valence-corrected chi connectivity index (χ0v) is 14.2. The highest BCUT2D eigenvalue weighted by Gasteiger charge is 2.31. The van der Waals surface area contributed by atoms with E-state index in [4.69, 9.17) is 20.8 Å². The summed E-state index contributed by atoms with van der Waals surface area (Å²) in [7, 11) is 1.54. The number of rotatable bonds is 5. The van der Waals surface area contributed by atoms with Gasteiger partial charge in [0.05, 0.1) is 29.9 Å². The minimum absolute atomic E-state index is 0.0258. The zero-order chi connectivity index (χ0) is 18.7. The largest absolute Gasteiger partial charge is 0.497 e. The third-order valence-electron chi connectivity index (χ3n) is 3.51. The van der Waals surface area contributed by atoms with Gasteiger partial charge in [-0.1, -0.05) is 17.7 Å². The van der Waals surface area contributed by atoms with Crippen molar-refractivity contribution in [3.8, 4) is 17.2 Å². The van der Waals surface area contributed by atoms with Crippen LogP contribution < -0.4 is 10.1 Å². The predicted octanol–water partition coefficient (Wildman–Crippen LogP) is 5.03. The summed E-state index contributed by atoms with van der Waals surface area (Å²) in [4.78, 5) is 0. The topological polar surface area (TPSA) is 60.2 Å². The number of aromatic nitrogens is 2. The molecule has 1 N–H and O–H groups in total. The van der Waals surface area contributed by atoms with E-state index in [1.54, 1.807) is 31.4 Å². The van der Waals surface area contributed by atoms with Crippen LogP contribution in [0.2, 0.25) is 5.02 Å². The van der Waals surface area contributed by atoms with Crippen LogP contribution >= 0.6 is 11.6 Å². The van der Waals surface area contributed by atoms with Gasteiger partial charge in [-0.25, -0.2) is 0 Å². The van der Waals surface area contributed by atoms with Crippen LogP contribution in [0.15, 0.2) is 46.9 Å². The summed E-state index contributed by atoms with van der Waals surface area (Å²) in [6.07, 6.45) is -4.45. The average Bonchev–Trinajstić information content (AvgIpc) is 3.09. The summed E-state index contributed by atoms with van der Waals surface area (Å²) in [5, 5.41) is 10.7. The van der Waals surface area contributed by atoms with Gasteiger partial charge in [0.25, 0.3) is 0 Å². The standard InChI is InChI=1S/C17H13ClF3N3O2/c1-25-12-4-2-3-10(7-12)16-24-23-15(26-16)9-22-14-8-11(17(19,20)21)5-6-13(14)18/h2-8,22H,9H2,1H3. The normalized spacial score (nSPS) is 11.4. The Hall–Kier alpha value is -2.74. The molecule has 0 spiro atoms. The second-order valence-corrected chi connectivity index (χ2v) is 5.69. The Morgan fingerprint density at radius 3 is 2.69 bits per heavy atom.